The summed E-state index contributed by atoms with van der Waals surface area (Å²) in [7, 11) is 0. The lowest BCUT2D eigenvalue weighted by Gasteiger charge is -2.28. The van der Waals surface area contributed by atoms with Crippen molar-refractivity contribution < 1.29 is 4.39 Å². The summed E-state index contributed by atoms with van der Waals surface area (Å²) in [6.45, 7) is 3.82. The molecule has 1 N–H and O–H groups in total. The Hall–Kier alpha value is -2.46. The van der Waals surface area contributed by atoms with Crippen LogP contribution in [0.3, 0.4) is 0 Å². The summed E-state index contributed by atoms with van der Waals surface area (Å²) in [6, 6.07) is 16.9. The Kier molecular flexibility index (Phi) is 3.67. The number of rotatable bonds is 2. The third-order valence-electron chi connectivity index (χ3n) is 4.31. The standard InChI is InChI=1S/C19H18FN3/c20-17-7-2-1-5-15(17)16-6-3-4-14-8-9-18(22-19(14)16)23-12-10-21-11-13-23/h1-9,21H,10-13H2. The van der Waals surface area contributed by atoms with Crippen molar-refractivity contribution >= 4 is 16.7 Å². The summed E-state index contributed by atoms with van der Waals surface area (Å²) in [6.07, 6.45) is 0. The molecule has 0 unspecified atom stereocenters. The first-order valence-corrected chi connectivity index (χ1v) is 7.93. The van der Waals surface area contributed by atoms with Crippen molar-refractivity contribution in [3.05, 3.63) is 60.4 Å². The van der Waals surface area contributed by atoms with E-state index >= 15 is 0 Å². The normalized spacial score (nSPS) is 15.1. The number of halogens is 1. The number of hydrogen-bond acceptors (Lipinski definition) is 3. The topological polar surface area (TPSA) is 28.2 Å². The van der Waals surface area contributed by atoms with Crippen molar-refractivity contribution in [1.29, 1.82) is 0 Å². The molecular weight excluding hydrogens is 289 g/mol. The van der Waals surface area contributed by atoms with Crippen molar-refractivity contribution in [2.45, 2.75) is 0 Å². The molecule has 3 nitrogen and oxygen atoms in total. The van der Waals surface area contributed by atoms with E-state index in [2.05, 4.69) is 22.3 Å². The molecule has 0 aliphatic carbocycles. The van der Waals surface area contributed by atoms with Gasteiger partial charge in [-0.1, -0.05) is 36.4 Å². The minimum atomic E-state index is -0.214. The molecule has 2 aromatic carbocycles. The Labute approximate surface area is 134 Å². The monoisotopic (exact) mass is 307 g/mol. The number of aromatic nitrogens is 1. The maximum Gasteiger partial charge on any atom is 0.131 e. The van der Waals surface area contributed by atoms with Crippen LogP contribution in [0.15, 0.2) is 54.6 Å². The summed E-state index contributed by atoms with van der Waals surface area (Å²) in [5.74, 6) is 0.747. The van der Waals surface area contributed by atoms with Crippen LogP contribution >= 0.6 is 0 Å². The van der Waals surface area contributed by atoms with Gasteiger partial charge in [0.15, 0.2) is 0 Å². The number of nitrogens with one attached hydrogen (secondary N) is 1. The largest absolute Gasteiger partial charge is 0.354 e. The summed E-state index contributed by atoms with van der Waals surface area (Å²) >= 11 is 0. The lowest BCUT2D eigenvalue weighted by molar-refractivity contribution is 0.585. The van der Waals surface area contributed by atoms with Gasteiger partial charge in [0.2, 0.25) is 0 Å². The number of anilines is 1. The summed E-state index contributed by atoms with van der Waals surface area (Å²) in [5, 5.41) is 4.38. The van der Waals surface area contributed by atoms with Gasteiger partial charge < -0.3 is 10.2 Å². The maximum atomic E-state index is 14.2. The van der Waals surface area contributed by atoms with E-state index in [1.165, 1.54) is 6.07 Å². The van der Waals surface area contributed by atoms with Crippen molar-refractivity contribution in [2.75, 3.05) is 31.1 Å². The number of hydrogen-bond donors (Lipinski definition) is 1. The van der Waals surface area contributed by atoms with E-state index < -0.39 is 0 Å². The van der Waals surface area contributed by atoms with Gasteiger partial charge in [0.25, 0.3) is 0 Å². The Morgan fingerprint density at radius 2 is 1.65 bits per heavy atom. The second-order valence-electron chi connectivity index (χ2n) is 5.76. The van der Waals surface area contributed by atoms with E-state index in [0.29, 0.717) is 5.56 Å². The van der Waals surface area contributed by atoms with E-state index in [-0.39, 0.29) is 5.82 Å². The van der Waals surface area contributed by atoms with Crippen molar-refractivity contribution in [3.8, 4) is 11.1 Å². The van der Waals surface area contributed by atoms with Gasteiger partial charge in [0.05, 0.1) is 5.52 Å². The van der Waals surface area contributed by atoms with Crippen LogP contribution in [0.1, 0.15) is 0 Å². The molecule has 4 rings (SSSR count). The average Bonchev–Trinajstić information content (AvgIpc) is 2.62. The lowest BCUT2D eigenvalue weighted by Crippen LogP contribution is -2.43. The van der Waals surface area contributed by atoms with Crippen LogP contribution in [-0.2, 0) is 0 Å². The number of piperazine rings is 1. The number of fused-ring (bicyclic) bond motifs is 1. The highest BCUT2D eigenvalue weighted by molar-refractivity contribution is 5.94. The van der Waals surface area contributed by atoms with E-state index in [1.54, 1.807) is 6.07 Å². The summed E-state index contributed by atoms with van der Waals surface area (Å²) in [4.78, 5) is 7.12. The van der Waals surface area contributed by atoms with Crippen LogP contribution in [0.25, 0.3) is 22.0 Å². The van der Waals surface area contributed by atoms with E-state index in [1.807, 2.05) is 30.3 Å². The molecule has 1 aliphatic heterocycles. The van der Waals surface area contributed by atoms with Gasteiger partial charge in [-0.15, -0.1) is 0 Å². The molecule has 0 saturated carbocycles. The highest BCUT2D eigenvalue weighted by atomic mass is 19.1. The van der Waals surface area contributed by atoms with Gasteiger partial charge in [-0.3, -0.25) is 0 Å². The van der Waals surface area contributed by atoms with Gasteiger partial charge >= 0.3 is 0 Å². The molecule has 1 aliphatic rings. The molecule has 0 spiro atoms. The van der Waals surface area contributed by atoms with Gasteiger partial charge in [0.1, 0.15) is 11.6 Å². The Morgan fingerprint density at radius 1 is 0.870 bits per heavy atom. The smallest absolute Gasteiger partial charge is 0.131 e. The van der Waals surface area contributed by atoms with Crippen LogP contribution in [0.4, 0.5) is 10.2 Å². The first-order chi connectivity index (χ1) is 11.3. The lowest BCUT2D eigenvalue weighted by atomic mass is 10.0. The predicted molar refractivity (Wildman–Crippen MR) is 92.2 cm³/mol. The minimum Gasteiger partial charge on any atom is -0.354 e. The van der Waals surface area contributed by atoms with Crippen LogP contribution in [0.2, 0.25) is 0 Å². The maximum absolute atomic E-state index is 14.2. The highest BCUT2D eigenvalue weighted by Crippen LogP contribution is 2.30. The highest BCUT2D eigenvalue weighted by Gasteiger charge is 2.14. The predicted octanol–water partition coefficient (Wildman–Crippen LogP) is 3.45. The van der Waals surface area contributed by atoms with Crippen molar-refractivity contribution in [1.82, 2.24) is 10.3 Å². The van der Waals surface area contributed by atoms with Gasteiger partial charge in [0, 0.05) is 42.7 Å². The molecule has 3 aromatic rings. The second kappa shape index (κ2) is 5.97. The molecule has 0 amide bonds. The molecule has 0 radical (unpaired) electrons. The number of benzene rings is 2. The van der Waals surface area contributed by atoms with Crippen LogP contribution in [0, 0.1) is 5.82 Å². The minimum absolute atomic E-state index is 0.214. The van der Waals surface area contributed by atoms with Crippen LogP contribution in [-0.4, -0.2) is 31.2 Å². The molecule has 1 saturated heterocycles. The van der Waals surface area contributed by atoms with Crippen LogP contribution < -0.4 is 10.2 Å². The number of para-hydroxylation sites is 1. The van der Waals surface area contributed by atoms with Gasteiger partial charge in [-0.2, -0.15) is 0 Å². The first-order valence-electron chi connectivity index (χ1n) is 7.93. The van der Waals surface area contributed by atoms with Crippen molar-refractivity contribution in [3.63, 3.8) is 0 Å². The molecule has 4 heteroatoms. The second-order valence-corrected chi connectivity index (χ2v) is 5.76. The summed E-state index contributed by atoms with van der Waals surface area (Å²) in [5.41, 5.74) is 2.30. The zero-order valence-corrected chi connectivity index (χ0v) is 12.8. The zero-order valence-electron chi connectivity index (χ0n) is 12.8. The molecular formula is C19H18FN3. The van der Waals surface area contributed by atoms with Crippen LogP contribution in [0.5, 0.6) is 0 Å². The molecule has 1 fully saturated rings. The SMILES string of the molecule is Fc1ccccc1-c1cccc2ccc(N3CCNCC3)nc12. The zero-order chi connectivity index (χ0) is 15.6. The fourth-order valence-corrected chi connectivity index (χ4v) is 3.10. The van der Waals surface area contributed by atoms with E-state index in [4.69, 9.17) is 4.98 Å². The molecule has 0 atom stereocenters. The quantitative estimate of drug-likeness (QED) is 0.786. The number of nitrogens with zero attached hydrogens (tertiary/aromatic N) is 2. The molecule has 23 heavy (non-hydrogen) atoms. The molecule has 1 aromatic heterocycles. The Morgan fingerprint density at radius 3 is 2.48 bits per heavy atom. The molecule has 2 heterocycles. The third-order valence-corrected chi connectivity index (χ3v) is 4.31. The Bertz CT molecular complexity index is 841. The fraction of sp³-hybridized carbons (Fsp3) is 0.211. The molecule has 0 bridgehead atoms. The van der Waals surface area contributed by atoms with Crippen molar-refractivity contribution in [2.24, 2.45) is 0 Å². The van der Waals surface area contributed by atoms with Gasteiger partial charge in [-0.25, -0.2) is 9.37 Å². The van der Waals surface area contributed by atoms with E-state index in [0.717, 1.165) is 48.5 Å². The average molecular weight is 307 g/mol. The third kappa shape index (κ3) is 2.66. The first kappa shape index (κ1) is 14.2. The molecule has 116 valence electrons. The van der Waals surface area contributed by atoms with Gasteiger partial charge in [-0.05, 0) is 18.2 Å². The Balaban J connectivity index is 1.86. The summed E-state index contributed by atoms with van der Waals surface area (Å²) < 4.78 is 14.2. The van der Waals surface area contributed by atoms with E-state index in [9.17, 15) is 4.39 Å². The number of pyridine rings is 1. The fourth-order valence-electron chi connectivity index (χ4n) is 3.10.